The van der Waals surface area contributed by atoms with Gasteiger partial charge in [0.1, 0.15) is 17.0 Å². The highest BCUT2D eigenvalue weighted by Gasteiger charge is 2.38. The molecule has 2 aliphatic rings. The van der Waals surface area contributed by atoms with E-state index in [0.29, 0.717) is 43.0 Å². The Morgan fingerprint density at radius 1 is 1.19 bits per heavy atom. The van der Waals surface area contributed by atoms with Crippen LogP contribution in [-0.4, -0.2) is 66.8 Å². The number of nitrogens with zero attached hydrogens (tertiary/aromatic N) is 3. The molecule has 0 aromatic carbocycles. The Balaban J connectivity index is 1.82. The summed E-state index contributed by atoms with van der Waals surface area (Å²) in [7, 11) is 1.29. The second-order valence-electron chi connectivity index (χ2n) is 9.31. The molecule has 1 aromatic heterocycles. The van der Waals surface area contributed by atoms with Crippen LogP contribution in [0.4, 0.5) is 19.4 Å². The summed E-state index contributed by atoms with van der Waals surface area (Å²) in [5, 5.41) is 0. The molecule has 0 unspecified atom stereocenters. The number of carbonyl (C=O) groups is 2. The SMILES string of the molecule is COC(=O)c1c(N2CCCC(F)(F)CC2)ncc(C2CN(C(=O)OC(C)(C)C)C2)c1C. The molecule has 0 bridgehead atoms. The topological polar surface area (TPSA) is 72.0 Å². The number of likely N-dealkylation sites (tertiary alicyclic amines) is 1. The Labute approximate surface area is 181 Å². The number of aromatic nitrogens is 1. The number of hydrogen-bond donors (Lipinski definition) is 0. The van der Waals surface area contributed by atoms with Gasteiger partial charge in [0.25, 0.3) is 0 Å². The summed E-state index contributed by atoms with van der Waals surface area (Å²) >= 11 is 0. The lowest BCUT2D eigenvalue weighted by molar-refractivity contribution is -0.0102. The molecule has 31 heavy (non-hydrogen) atoms. The molecule has 0 aliphatic carbocycles. The molecular formula is C22H31F2N3O4. The number of amides is 1. The maximum atomic E-state index is 13.8. The van der Waals surface area contributed by atoms with Crippen LogP contribution in [0, 0.1) is 6.92 Å². The van der Waals surface area contributed by atoms with Crippen LogP contribution in [0.15, 0.2) is 6.20 Å². The van der Waals surface area contributed by atoms with Gasteiger partial charge in [0.05, 0.1) is 7.11 Å². The van der Waals surface area contributed by atoms with E-state index >= 15 is 0 Å². The van der Waals surface area contributed by atoms with E-state index in [1.807, 2.05) is 27.7 Å². The Morgan fingerprint density at radius 2 is 1.87 bits per heavy atom. The van der Waals surface area contributed by atoms with Crippen molar-refractivity contribution in [3.05, 3.63) is 22.9 Å². The van der Waals surface area contributed by atoms with Crippen molar-refractivity contribution in [3.8, 4) is 0 Å². The lowest BCUT2D eigenvalue weighted by atomic mass is 9.88. The molecule has 0 spiro atoms. The van der Waals surface area contributed by atoms with Gasteiger partial charge in [-0.25, -0.2) is 23.4 Å². The van der Waals surface area contributed by atoms with Crippen LogP contribution < -0.4 is 4.90 Å². The molecule has 3 heterocycles. The molecule has 9 heteroatoms. The van der Waals surface area contributed by atoms with Crippen molar-refractivity contribution in [2.75, 3.05) is 38.2 Å². The van der Waals surface area contributed by atoms with E-state index < -0.39 is 17.5 Å². The van der Waals surface area contributed by atoms with Crippen molar-refractivity contribution >= 4 is 17.9 Å². The van der Waals surface area contributed by atoms with Crippen molar-refractivity contribution in [3.63, 3.8) is 0 Å². The Bertz CT molecular complexity index is 848. The van der Waals surface area contributed by atoms with E-state index in [2.05, 4.69) is 4.98 Å². The summed E-state index contributed by atoms with van der Waals surface area (Å²) in [5.74, 6) is -2.84. The minimum atomic E-state index is -2.70. The van der Waals surface area contributed by atoms with E-state index in [4.69, 9.17) is 9.47 Å². The number of hydrogen-bond acceptors (Lipinski definition) is 6. The second kappa shape index (κ2) is 8.59. The van der Waals surface area contributed by atoms with Crippen LogP contribution in [0.5, 0.6) is 0 Å². The van der Waals surface area contributed by atoms with Gasteiger partial charge in [0, 0.05) is 51.1 Å². The Kier molecular flexibility index (Phi) is 6.43. The maximum Gasteiger partial charge on any atom is 0.410 e. The molecular weight excluding hydrogens is 408 g/mol. The number of halogens is 2. The summed E-state index contributed by atoms with van der Waals surface area (Å²) in [6.07, 6.45) is 1.20. The zero-order valence-electron chi connectivity index (χ0n) is 18.8. The highest BCUT2D eigenvalue weighted by molar-refractivity contribution is 5.96. The van der Waals surface area contributed by atoms with Crippen LogP contribution in [0.25, 0.3) is 0 Å². The fraction of sp³-hybridized carbons (Fsp3) is 0.682. The van der Waals surface area contributed by atoms with E-state index in [-0.39, 0.29) is 31.4 Å². The Morgan fingerprint density at radius 3 is 2.48 bits per heavy atom. The van der Waals surface area contributed by atoms with Crippen LogP contribution in [-0.2, 0) is 9.47 Å². The average molecular weight is 440 g/mol. The van der Waals surface area contributed by atoms with Gasteiger partial charge in [-0.3, -0.25) is 0 Å². The first-order valence-electron chi connectivity index (χ1n) is 10.6. The van der Waals surface area contributed by atoms with Crippen molar-refractivity contribution in [1.82, 2.24) is 9.88 Å². The number of rotatable bonds is 3. The van der Waals surface area contributed by atoms with Crippen LogP contribution in [0.1, 0.15) is 67.4 Å². The van der Waals surface area contributed by atoms with Crippen molar-refractivity contribution < 1.29 is 27.8 Å². The Hall–Kier alpha value is -2.45. The number of alkyl halides is 2. The summed E-state index contributed by atoms with van der Waals surface area (Å²) in [5.41, 5.74) is 1.30. The van der Waals surface area contributed by atoms with Gasteiger partial charge in [0.2, 0.25) is 5.92 Å². The third kappa shape index (κ3) is 5.25. The fourth-order valence-corrected chi connectivity index (χ4v) is 4.03. The molecule has 0 saturated carbocycles. The molecule has 0 atom stereocenters. The van der Waals surface area contributed by atoms with Crippen LogP contribution >= 0.6 is 0 Å². The average Bonchev–Trinajstić information content (AvgIpc) is 2.80. The molecule has 172 valence electrons. The van der Waals surface area contributed by atoms with Crippen molar-refractivity contribution in [2.45, 2.75) is 64.4 Å². The third-order valence-corrected chi connectivity index (χ3v) is 5.74. The fourth-order valence-electron chi connectivity index (χ4n) is 4.03. The number of carbonyl (C=O) groups excluding carboxylic acids is 2. The normalized spacial score (nSPS) is 19.5. The van der Waals surface area contributed by atoms with Gasteiger partial charge in [-0.15, -0.1) is 0 Å². The van der Waals surface area contributed by atoms with Gasteiger partial charge < -0.3 is 19.3 Å². The summed E-state index contributed by atoms with van der Waals surface area (Å²) in [6, 6.07) is 0. The molecule has 0 radical (unpaired) electrons. The monoisotopic (exact) mass is 439 g/mol. The molecule has 2 saturated heterocycles. The first kappa shape index (κ1) is 23.2. The minimum Gasteiger partial charge on any atom is -0.465 e. The molecule has 2 fully saturated rings. The second-order valence-corrected chi connectivity index (χ2v) is 9.31. The molecule has 1 aromatic rings. The number of esters is 1. The van der Waals surface area contributed by atoms with Crippen molar-refractivity contribution in [2.24, 2.45) is 0 Å². The molecule has 0 N–H and O–H groups in total. The quantitative estimate of drug-likeness (QED) is 0.660. The molecule has 3 rings (SSSR count). The van der Waals surface area contributed by atoms with E-state index in [9.17, 15) is 18.4 Å². The zero-order chi connectivity index (χ0) is 23.0. The smallest absolute Gasteiger partial charge is 0.410 e. The van der Waals surface area contributed by atoms with E-state index in [0.717, 1.165) is 5.56 Å². The first-order chi connectivity index (χ1) is 14.4. The van der Waals surface area contributed by atoms with Gasteiger partial charge >= 0.3 is 12.1 Å². The largest absolute Gasteiger partial charge is 0.465 e. The first-order valence-corrected chi connectivity index (χ1v) is 10.6. The summed E-state index contributed by atoms with van der Waals surface area (Å²) in [4.78, 5) is 32.7. The number of methoxy groups -OCH3 is 1. The maximum absolute atomic E-state index is 13.8. The standard InChI is InChI=1S/C22H31F2N3O4/c1-14-16(15-12-27(13-15)20(29)31-21(2,3)4)11-25-18(17(14)19(28)30-5)26-9-6-7-22(23,24)8-10-26/h11,15H,6-10,12-13H2,1-5H3. The minimum absolute atomic E-state index is 0.0194. The third-order valence-electron chi connectivity index (χ3n) is 5.74. The zero-order valence-corrected chi connectivity index (χ0v) is 18.8. The highest BCUT2D eigenvalue weighted by atomic mass is 19.3. The number of anilines is 1. The van der Waals surface area contributed by atoms with E-state index in [1.165, 1.54) is 7.11 Å². The summed E-state index contributed by atoms with van der Waals surface area (Å²) in [6.45, 7) is 8.72. The number of pyridine rings is 1. The summed E-state index contributed by atoms with van der Waals surface area (Å²) < 4.78 is 38.0. The van der Waals surface area contributed by atoms with Crippen LogP contribution in [0.2, 0.25) is 0 Å². The lowest BCUT2D eigenvalue weighted by Gasteiger charge is -2.40. The number of ether oxygens (including phenoxy) is 2. The van der Waals surface area contributed by atoms with Gasteiger partial charge in [-0.05, 0) is 45.2 Å². The predicted octanol–water partition coefficient (Wildman–Crippen LogP) is 4.14. The van der Waals surface area contributed by atoms with E-state index in [1.54, 1.807) is 16.0 Å². The molecule has 1 amide bonds. The highest BCUT2D eigenvalue weighted by Crippen LogP contribution is 2.36. The van der Waals surface area contributed by atoms with Crippen LogP contribution in [0.3, 0.4) is 0 Å². The molecule has 2 aliphatic heterocycles. The lowest BCUT2D eigenvalue weighted by Crippen LogP contribution is -2.50. The van der Waals surface area contributed by atoms with Crippen molar-refractivity contribution in [1.29, 1.82) is 0 Å². The van der Waals surface area contributed by atoms with Gasteiger partial charge in [-0.2, -0.15) is 0 Å². The van der Waals surface area contributed by atoms with Gasteiger partial charge in [-0.1, -0.05) is 0 Å². The van der Waals surface area contributed by atoms with Gasteiger partial charge in [0.15, 0.2) is 0 Å². The predicted molar refractivity (Wildman–Crippen MR) is 112 cm³/mol. The molecule has 7 nitrogen and oxygen atoms in total.